The molecule has 0 aromatic heterocycles. The SMILES string of the molecule is C=C/C(=C\CC)C1=CCC(C(F)(F)F)=NN1c1ccc(SN)cc1. The van der Waals surface area contributed by atoms with Gasteiger partial charge in [0.2, 0.25) is 0 Å². The number of anilines is 1. The Hall–Kier alpha value is -1.99. The maximum Gasteiger partial charge on any atom is 0.431 e. The van der Waals surface area contributed by atoms with Gasteiger partial charge in [-0.1, -0.05) is 31.7 Å². The van der Waals surface area contributed by atoms with Crippen LogP contribution < -0.4 is 10.1 Å². The highest BCUT2D eigenvalue weighted by molar-refractivity contribution is 7.97. The van der Waals surface area contributed by atoms with Crippen LogP contribution in [0.1, 0.15) is 19.8 Å². The fraction of sp³-hybridized carbons (Fsp3) is 0.235. The Morgan fingerprint density at radius 1 is 1.38 bits per heavy atom. The number of nitrogens with zero attached hydrogens (tertiary/aromatic N) is 2. The predicted octanol–water partition coefficient (Wildman–Crippen LogP) is 5.19. The minimum Gasteiger partial charge on any atom is -0.274 e. The smallest absolute Gasteiger partial charge is 0.274 e. The van der Waals surface area contributed by atoms with Crippen LogP contribution in [-0.2, 0) is 0 Å². The zero-order valence-electron chi connectivity index (χ0n) is 13.2. The highest BCUT2D eigenvalue weighted by atomic mass is 32.2. The first-order valence-electron chi connectivity index (χ1n) is 7.35. The van der Waals surface area contributed by atoms with Gasteiger partial charge in [0.05, 0.1) is 11.4 Å². The maximum atomic E-state index is 13.1. The van der Waals surface area contributed by atoms with Crippen LogP contribution in [-0.4, -0.2) is 11.9 Å². The molecule has 0 unspecified atom stereocenters. The third kappa shape index (κ3) is 4.10. The van der Waals surface area contributed by atoms with Crippen molar-refractivity contribution >= 4 is 23.3 Å². The van der Waals surface area contributed by atoms with Gasteiger partial charge < -0.3 is 0 Å². The molecule has 0 atom stereocenters. The Balaban J connectivity index is 2.49. The summed E-state index contributed by atoms with van der Waals surface area (Å²) in [5.74, 6) is 0. The van der Waals surface area contributed by atoms with Gasteiger partial charge in [-0.3, -0.25) is 5.14 Å². The summed E-state index contributed by atoms with van der Waals surface area (Å²) in [6.45, 7) is 5.71. The summed E-state index contributed by atoms with van der Waals surface area (Å²) in [6.07, 6.45) is 1.08. The molecular weight excluding hydrogens is 335 g/mol. The third-order valence-electron chi connectivity index (χ3n) is 3.42. The van der Waals surface area contributed by atoms with Crippen molar-refractivity contribution in [3.05, 3.63) is 60.3 Å². The topological polar surface area (TPSA) is 41.6 Å². The number of nitrogens with two attached hydrogens (primary N) is 1. The minimum absolute atomic E-state index is 0.263. The van der Waals surface area contributed by atoms with Gasteiger partial charge in [0, 0.05) is 11.3 Å². The lowest BCUT2D eigenvalue weighted by Crippen LogP contribution is -2.31. The van der Waals surface area contributed by atoms with E-state index in [1.54, 1.807) is 30.3 Å². The average molecular weight is 353 g/mol. The van der Waals surface area contributed by atoms with Crippen molar-refractivity contribution in [1.29, 1.82) is 0 Å². The quantitative estimate of drug-likeness (QED) is 0.585. The summed E-state index contributed by atoms with van der Waals surface area (Å²) < 4.78 is 39.2. The molecule has 2 rings (SSSR count). The number of hydrogen-bond acceptors (Lipinski definition) is 4. The van der Waals surface area contributed by atoms with Crippen LogP contribution in [0.25, 0.3) is 0 Å². The Kier molecular flexibility index (Phi) is 5.90. The Bertz CT molecular complexity index is 688. The van der Waals surface area contributed by atoms with Crippen LogP contribution in [0.4, 0.5) is 18.9 Å². The predicted molar refractivity (Wildman–Crippen MR) is 93.7 cm³/mol. The Labute approximate surface area is 143 Å². The van der Waals surface area contributed by atoms with Crippen LogP contribution in [0.2, 0.25) is 0 Å². The molecule has 0 bridgehead atoms. The number of allylic oxidation sites excluding steroid dienone is 3. The molecule has 1 aliphatic rings. The first-order valence-corrected chi connectivity index (χ1v) is 8.23. The largest absolute Gasteiger partial charge is 0.431 e. The van der Waals surface area contributed by atoms with Crippen molar-refractivity contribution in [2.24, 2.45) is 10.2 Å². The highest BCUT2D eigenvalue weighted by Crippen LogP contribution is 2.33. The van der Waals surface area contributed by atoms with Crippen molar-refractivity contribution in [3.8, 4) is 0 Å². The number of hydrogen-bond donors (Lipinski definition) is 1. The van der Waals surface area contributed by atoms with Crippen molar-refractivity contribution in [1.82, 2.24) is 0 Å². The van der Waals surface area contributed by atoms with Crippen LogP contribution in [0.15, 0.2) is 70.3 Å². The van der Waals surface area contributed by atoms with Crippen LogP contribution in [0.3, 0.4) is 0 Å². The first kappa shape index (κ1) is 18.4. The summed E-state index contributed by atoms with van der Waals surface area (Å²) in [5.41, 5.74) is 1.04. The summed E-state index contributed by atoms with van der Waals surface area (Å²) in [7, 11) is 0. The molecule has 3 nitrogen and oxygen atoms in total. The van der Waals surface area contributed by atoms with Gasteiger partial charge in [0.25, 0.3) is 0 Å². The number of alkyl halides is 3. The number of halogens is 3. The van der Waals surface area contributed by atoms with Crippen molar-refractivity contribution in [2.45, 2.75) is 30.8 Å². The van der Waals surface area contributed by atoms with E-state index >= 15 is 0 Å². The van der Waals surface area contributed by atoms with E-state index in [0.29, 0.717) is 11.4 Å². The fourth-order valence-corrected chi connectivity index (χ4v) is 2.58. The molecule has 0 aliphatic carbocycles. The van der Waals surface area contributed by atoms with Crippen LogP contribution in [0, 0.1) is 0 Å². The lowest BCUT2D eigenvalue weighted by Gasteiger charge is -2.28. The molecule has 1 heterocycles. The number of rotatable bonds is 5. The van der Waals surface area contributed by atoms with Crippen molar-refractivity contribution < 1.29 is 13.2 Å². The molecule has 1 aromatic carbocycles. The molecule has 0 spiro atoms. The van der Waals surface area contributed by atoms with Gasteiger partial charge in [-0.2, -0.15) is 18.3 Å². The molecule has 128 valence electrons. The fourth-order valence-electron chi connectivity index (χ4n) is 2.28. The summed E-state index contributed by atoms with van der Waals surface area (Å²) in [5, 5.41) is 10.6. The summed E-state index contributed by atoms with van der Waals surface area (Å²) >= 11 is 1.07. The van der Waals surface area contributed by atoms with Gasteiger partial charge >= 0.3 is 6.18 Å². The second kappa shape index (κ2) is 7.72. The molecular formula is C17H18F3N3S. The van der Waals surface area contributed by atoms with E-state index in [-0.39, 0.29) is 6.42 Å². The van der Waals surface area contributed by atoms with E-state index in [9.17, 15) is 13.2 Å². The maximum absolute atomic E-state index is 13.1. The Morgan fingerprint density at radius 3 is 2.54 bits per heavy atom. The lowest BCUT2D eigenvalue weighted by molar-refractivity contribution is -0.0603. The molecule has 0 saturated heterocycles. The van der Waals surface area contributed by atoms with Crippen LogP contribution >= 0.6 is 11.9 Å². The van der Waals surface area contributed by atoms with E-state index in [2.05, 4.69) is 11.7 Å². The second-order valence-electron chi connectivity index (χ2n) is 5.03. The van der Waals surface area contributed by atoms with Gasteiger partial charge in [-0.15, -0.1) is 0 Å². The van der Waals surface area contributed by atoms with E-state index < -0.39 is 11.9 Å². The molecule has 7 heteroatoms. The van der Waals surface area contributed by atoms with E-state index in [0.717, 1.165) is 28.8 Å². The van der Waals surface area contributed by atoms with Gasteiger partial charge in [-0.05, 0) is 48.2 Å². The summed E-state index contributed by atoms with van der Waals surface area (Å²) in [6, 6.07) is 6.87. The monoisotopic (exact) mass is 353 g/mol. The molecule has 0 amide bonds. The standard InChI is InChI=1S/C17H18F3N3S/c1-3-5-12(4-2)15-10-11-16(17(18,19)20)22-23(15)13-6-8-14(24-21)9-7-13/h4-10H,2-3,11,21H2,1H3/b12-5+. The lowest BCUT2D eigenvalue weighted by atomic mass is 10.1. The van der Waals surface area contributed by atoms with Gasteiger partial charge in [-0.25, -0.2) is 5.01 Å². The van der Waals surface area contributed by atoms with E-state index in [1.165, 1.54) is 11.1 Å². The molecule has 1 aromatic rings. The van der Waals surface area contributed by atoms with Gasteiger partial charge in [0.15, 0.2) is 0 Å². The highest BCUT2D eigenvalue weighted by Gasteiger charge is 2.38. The molecule has 2 N–H and O–H groups in total. The number of hydrazone groups is 1. The van der Waals surface area contributed by atoms with Gasteiger partial charge in [0.1, 0.15) is 5.71 Å². The van der Waals surface area contributed by atoms with E-state index in [1.807, 2.05) is 13.0 Å². The summed E-state index contributed by atoms with van der Waals surface area (Å²) in [4.78, 5) is 0.814. The Morgan fingerprint density at radius 2 is 2.04 bits per heavy atom. The molecule has 1 aliphatic heterocycles. The normalized spacial score (nSPS) is 15.9. The zero-order chi connectivity index (χ0) is 17.7. The second-order valence-corrected chi connectivity index (χ2v) is 5.74. The number of benzene rings is 1. The molecule has 0 fully saturated rings. The van der Waals surface area contributed by atoms with Crippen molar-refractivity contribution in [3.63, 3.8) is 0 Å². The van der Waals surface area contributed by atoms with E-state index in [4.69, 9.17) is 5.14 Å². The average Bonchev–Trinajstić information content (AvgIpc) is 2.58. The third-order valence-corrected chi connectivity index (χ3v) is 3.97. The molecule has 0 radical (unpaired) electrons. The molecule has 24 heavy (non-hydrogen) atoms. The van der Waals surface area contributed by atoms with Crippen molar-refractivity contribution in [2.75, 3.05) is 5.01 Å². The van der Waals surface area contributed by atoms with Crippen LogP contribution in [0.5, 0.6) is 0 Å². The zero-order valence-corrected chi connectivity index (χ0v) is 14.0. The first-order chi connectivity index (χ1) is 11.4. The molecule has 0 saturated carbocycles. The minimum atomic E-state index is -4.46.